The summed E-state index contributed by atoms with van der Waals surface area (Å²) >= 11 is 0. The first-order valence-electron chi connectivity index (χ1n) is 12.0. The molecule has 2 aliphatic rings. The quantitative estimate of drug-likeness (QED) is 0.275. The van der Waals surface area contributed by atoms with Crippen molar-refractivity contribution in [3.63, 3.8) is 0 Å². The minimum absolute atomic E-state index is 0.0468. The second-order valence-electron chi connectivity index (χ2n) is 8.68. The van der Waals surface area contributed by atoms with Gasteiger partial charge in [-0.1, -0.05) is 63.3 Å². The van der Waals surface area contributed by atoms with Crippen LogP contribution in [0.15, 0.2) is 24.3 Å². The molecule has 1 saturated carbocycles. The summed E-state index contributed by atoms with van der Waals surface area (Å²) in [5.74, 6) is -0.940. The number of hydrogen-bond donors (Lipinski definition) is 1. The molecule has 1 N–H and O–H groups in total. The first-order chi connectivity index (χ1) is 14.1. The van der Waals surface area contributed by atoms with Crippen LogP contribution in [0.2, 0.25) is 0 Å². The van der Waals surface area contributed by atoms with Crippen LogP contribution in [-0.4, -0.2) is 29.6 Å². The van der Waals surface area contributed by atoms with E-state index >= 15 is 0 Å². The second kappa shape index (κ2) is 13.2. The molecule has 1 aliphatic carbocycles. The average Bonchev–Trinajstić information content (AvgIpc) is 3.27. The summed E-state index contributed by atoms with van der Waals surface area (Å²) in [4.78, 5) is 12.8. The molecule has 0 bridgehead atoms. The lowest BCUT2D eigenvalue weighted by Crippen LogP contribution is -2.55. The molecule has 2 fully saturated rings. The van der Waals surface area contributed by atoms with Gasteiger partial charge in [0, 0.05) is 12.5 Å². The van der Waals surface area contributed by atoms with E-state index in [1.165, 1.54) is 19.3 Å². The largest absolute Gasteiger partial charge is 0.479 e. The highest BCUT2D eigenvalue weighted by Gasteiger charge is 2.54. The third kappa shape index (κ3) is 6.96. The van der Waals surface area contributed by atoms with Gasteiger partial charge in [0.25, 0.3) is 0 Å². The molecule has 4 heteroatoms. The molecule has 0 spiro atoms. The maximum Gasteiger partial charge on any atom is 0.337 e. The van der Waals surface area contributed by atoms with Crippen molar-refractivity contribution >= 4 is 5.97 Å². The maximum atomic E-state index is 12.8. The van der Waals surface area contributed by atoms with E-state index in [0.29, 0.717) is 13.0 Å². The Labute approximate surface area is 177 Å². The minimum atomic E-state index is -1.20. The number of unbranched alkanes of at least 4 members (excludes halogenated alkanes) is 4. The number of hydrogen-bond acceptors (Lipinski definition) is 3. The smallest absolute Gasteiger partial charge is 0.337 e. The van der Waals surface area contributed by atoms with Crippen LogP contribution in [0.25, 0.3) is 0 Å². The zero-order chi connectivity index (χ0) is 21.0. The molecule has 0 amide bonds. The zero-order valence-corrected chi connectivity index (χ0v) is 18.6. The number of allylic oxidation sites excluding steroid dienone is 3. The number of ether oxygens (including phenoxy) is 2. The summed E-state index contributed by atoms with van der Waals surface area (Å²) in [5, 5.41) is 10.5. The Balaban J connectivity index is 2.25. The standard InChI is InChI=1S/C25H42O4/c1-3-5-7-8-9-10-16-21(15-6-4-2)25(24(26)27,22-17-11-12-18-22)29-23-19-13-14-20-28-23/h4,6,10,16,21-23H,3,5,7-9,11-15,17-20H2,1-2H3,(H,26,27). The normalized spacial score (nSPS) is 24.3. The van der Waals surface area contributed by atoms with Gasteiger partial charge >= 0.3 is 5.97 Å². The predicted octanol–water partition coefficient (Wildman–Crippen LogP) is 6.65. The van der Waals surface area contributed by atoms with Gasteiger partial charge in [0.15, 0.2) is 11.9 Å². The SMILES string of the molecule is CC=CCC(C=CCCCCCC)C(OC1CCCCO1)(C(=O)O)C1CCCC1. The van der Waals surface area contributed by atoms with Gasteiger partial charge in [-0.05, 0) is 64.2 Å². The van der Waals surface area contributed by atoms with Crippen LogP contribution in [0, 0.1) is 11.8 Å². The summed E-state index contributed by atoms with van der Waals surface area (Å²) in [6.07, 6.45) is 21.5. The van der Waals surface area contributed by atoms with Crippen LogP contribution in [0.4, 0.5) is 0 Å². The molecule has 3 atom stereocenters. The van der Waals surface area contributed by atoms with Crippen molar-refractivity contribution in [1.29, 1.82) is 0 Å². The van der Waals surface area contributed by atoms with Gasteiger partial charge in [-0.3, -0.25) is 0 Å². The predicted molar refractivity (Wildman–Crippen MR) is 118 cm³/mol. The van der Waals surface area contributed by atoms with E-state index in [4.69, 9.17) is 9.47 Å². The molecular formula is C25H42O4. The van der Waals surface area contributed by atoms with E-state index in [-0.39, 0.29) is 11.8 Å². The molecule has 1 heterocycles. The van der Waals surface area contributed by atoms with Crippen LogP contribution >= 0.6 is 0 Å². The summed E-state index contributed by atoms with van der Waals surface area (Å²) in [5.41, 5.74) is -1.20. The first kappa shape index (κ1) is 24.1. The number of carboxylic acids is 1. The molecule has 1 saturated heterocycles. The Morgan fingerprint density at radius 1 is 1.14 bits per heavy atom. The van der Waals surface area contributed by atoms with Crippen LogP contribution in [0.5, 0.6) is 0 Å². The Kier molecular flexibility index (Phi) is 11.0. The molecule has 166 valence electrons. The van der Waals surface area contributed by atoms with Crippen LogP contribution in [0.1, 0.15) is 97.3 Å². The Morgan fingerprint density at radius 2 is 1.90 bits per heavy atom. The number of aliphatic carboxylic acids is 1. The molecule has 2 rings (SSSR count). The minimum Gasteiger partial charge on any atom is -0.479 e. The molecule has 0 aromatic carbocycles. The van der Waals surface area contributed by atoms with Crippen molar-refractivity contribution in [3.8, 4) is 0 Å². The summed E-state index contributed by atoms with van der Waals surface area (Å²) < 4.78 is 12.3. The van der Waals surface area contributed by atoms with Gasteiger partial charge in [0.05, 0.1) is 0 Å². The highest BCUT2D eigenvalue weighted by atomic mass is 16.7. The van der Waals surface area contributed by atoms with Crippen molar-refractivity contribution in [3.05, 3.63) is 24.3 Å². The number of carboxylic acid groups (broad SMARTS) is 1. The fourth-order valence-corrected chi connectivity index (χ4v) is 4.88. The van der Waals surface area contributed by atoms with E-state index in [2.05, 4.69) is 25.2 Å². The van der Waals surface area contributed by atoms with Gasteiger partial charge in [0.2, 0.25) is 0 Å². The van der Waals surface area contributed by atoms with Gasteiger partial charge in [-0.2, -0.15) is 0 Å². The molecule has 4 nitrogen and oxygen atoms in total. The van der Waals surface area contributed by atoms with Crippen LogP contribution in [0.3, 0.4) is 0 Å². The average molecular weight is 407 g/mol. The van der Waals surface area contributed by atoms with Gasteiger partial charge in [-0.15, -0.1) is 0 Å². The van der Waals surface area contributed by atoms with E-state index in [1.54, 1.807) is 0 Å². The lowest BCUT2D eigenvalue weighted by molar-refractivity contribution is -0.254. The molecule has 1 aliphatic heterocycles. The van der Waals surface area contributed by atoms with Crippen molar-refractivity contribution in [2.24, 2.45) is 11.8 Å². The lowest BCUT2D eigenvalue weighted by Gasteiger charge is -2.43. The van der Waals surface area contributed by atoms with E-state index in [1.807, 2.05) is 13.0 Å². The summed E-state index contributed by atoms with van der Waals surface area (Å²) in [6.45, 7) is 4.88. The summed E-state index contributed by atoms with van der Waals surface area (Å²) in [6, 6.07) is 0. The maximum absolute atomic E-state index is 12.8. The number of rotatable bonds is 13. The molecule has 0 aromatic heterocycles. The number of carbonyl (C=O) groups is 1. The topological polar surface area (TPSA) is 55.8 Å². The van der Waals surface area contributed by atoms with Crippen molar-refractivity contribution < 1.29 is 19.4 Å². The zero-order valence-electron chi connectivity index (χ0n) is 18.6. The van der Waals surface area contributed by atoms with Gasteiger partial charge in [-0.25, -0.2) is 4.79 Å². The monoisotopic (exact) mass is 406 g/mol. The van der Waals surface area contributed by atoms with Crippen molar-refractivity contribution in [1.82, 2.24) is 0 Å². The first-order valence-corrected chi connectivity index (χ1v) is 12.0. The highest BCUT2D eigenvalue weighted by molar-refractivity contribution is 5.79. The lowest BCUT2D eigenvalue weighted by atomic mass is 9.73. The van der Waals surface area contributed by atoms with E-state index in [9.17, 15) is 9.90 Å². The highest BCUT2D eigenvalue weighted by Crippen LogP contribution is 2.45. The van der Waals surface area contributed by atoms with Gasteiger partial charge in [0.1, 0.15) is 0 Å². The third-order valence-corrected chi connectivity index (χ3v) is 6.53. The van der Waals surface area contributed by atoms with Crippen molar-refractivity contribution in [2.75, 3.05) is 6.61 Å². The Morgan fingerprint density at radius 3 is 2.52 bits per heavy atom. The van der Waals surface area contributed by atoms with E-state index in [0.717, 1.165) is 57.8 Å². The molecule has 0 radical (unpaired) electrons. The second-order valence-corrected chi connectivity index (χ2v) is 8.68. The van der Waals surface area contributed by atoms with E-state index < -0.39 is 17.9 Å². The molecule has 0 aromatic rings. The molecular weight excluding hydrogens is 364 g/mol. The fourth-order valence-electron chi connectivity index (χ4n) is 4.88. The summed E-state index contributed by atoms with van der Waals surface area (Å²) in [7, 11) is 0. The Hall–Kier alpha value is -1.13. The third-order valence-electron chi connectivity index (χ3n) is 6.53. The van der Waals surface area contributed by atoms with Gasteiger partial charge < -0.3 is 14.6 Å². The van der Waals surface area contributed by atoms with Crippen LogP contribution < -0.4 is 0 Å². The molecule has 3 unspecified atom stereocenters. The Bertz CT molecular complexity index is 515. The molecule has 29 heavy (non-hydrogen) atoms. The van der Waals surface area contributed by atoms with Crippen molar-refractivity contribution in [2.45, 2.75) is 109 Å². The van der Waals surface area contributed by atoms with Crippen LogP contribution in [-0.2, 0) is 14.3 Å². The fraction of sp³-hybridized carbons (Fsp3) is 0.800.